The smallest absolute Gasteiger partial charge is 0.295 e. The average Bonchev–Trinajstić information content (AvgIpc) is 3.36. The van der Waals surface area contributed by atoms with Gasteiger partial charge in [-0.1, -0.05) is 42.5 Å². The van der Waals surface area contributed by atoms with Gasteiger partial charge in [-0.15, -0.1) is 0 Å². The molecule has 6 nitrogen and oxygen atoms in total. The fourth-order valence-electron chi connectivity index (χ4n) is 3.96. The van der Waals surface area contributed by atoms with Gasteiger partial charge in [0.25, 0.3) is 11.7 Å². The minimum Gasteiger partial charge on any atom is -0.507 e. The van der Waals surface area contributed by atoms with Crippen molar-refractivity contribution in [2.75, 3.05) is 20.3 Å². The molecule has 1 N–H and O–H groups in total. The predicted octanol–water partition coefficient (Wildman–Crippen LogP) is 3.30. The first-order valence-electron chi connectivity index (χ1n) is 9.69. The van der Waals surface area contributed by atoms with Crippen LogP contribution < -0.4 is 4.74 Å². The number of ether oxygens (including phenoxy) is 2. The molecule has 2 aliphatic heterocycles. The van der Waals surface area contributed by atoms with Crippen LogP contribution in [-0.2, 0) is 14.3 Å². The molecule has 4 rings (SSSR count). The van der Waals surface area contributed by atoms with E-state index < -0.39 is 17.7 Å². The molecule has 0 aromatic heterocycles. The highest BCUT2D eigenvalue weighted by atomic mass is 16.5. The Balaban J connectivity index is 1.80. The Morgan fingerprint density at radius 2 is 1.86 bits per heavy atom. The van der Waals surface area contributed by atoms with E-state index in [2.05, 4.69) is 0 Å². The number of hydrogen-bond donors (Lipinski definition) is 1. The summed E-state index contributed by atoms with van der Waals surface area (Å²) in [5, 5.41) is 10.9. The van der Waals surface area contributed by atoms with Crippen LogP contribution in [0.25, 0.3) is 5.76 Å². The van der Waals surface area contributed by atoms with Crippen LogP contribution in [-0.4, -0.2) is 48.1 Å². The van der Waals surface area contributed by atoms with E-state index in [-0.39, 0.29) is 17.4 Å². The fourth-order valence-corrected chi connectivity index (χ4v) is 3.96. The number of aliphatic hydroxyl groups is 1. The first-order valence-corrected chi connectivity index (χ1v) is 9.69. The number of benzene rings is 2. The summed E-state index contributed by atoms with van der Waals surface area (Å²) >= 11 is 0. The van der Waals surface area contributed by atoms with Gasteiger partial charge in [0, 0.05) is 18.7 Å². The number of Topliss-reactive ketones (excluding diaryl/α,β-unsaturated/α-hetero) is 1. The summed E-state index contributed by atoms with van der Waals surface area (Å²) in [5.41, 5.74) is 1.34. The Morgan fingerprint density at radius 1 is 1.14 bits per heavy atom. The third kappa shape index (κ3) is 3.63. The lowest BCUT2D eigenvalue weighted by molar-refractivity contribution is -0.140. The molecule has 2 fully saturated rings. The zero-order valence-corrected chi connectivity index (χ0v) is 16.2. The van der Waals surface area contributed by atoms with Crippen LogP contribution in [0.5, 0.6) is 5.75 Å². The van der Waals surface area contributed by atoms with E-state index in [0.717, 1.165) is 18.4 Å². The summed E-state index contributed by atoms with van der Waals surface area (Å²) in [4.78, 5) is 27.4. The number of ketones is 1. The monoisotopic (exact) mass is 393 g/mol. The van der Waals surface area contributed by atoms with Crippen molar-refractivity contribution in [3.05, 3.63) is 71.3 Å². The van der Waals surface area contributed by atoms with E-state index in [0.29, 0.717) is 24.5 Å². The molecule has 2 aromatic carbocycles. The van der Waals surface area contributed by atoms with Gasteiger partial charge in [-0.05, 0) is 30.5 Å². The van der Waals surface area contributed by atoms with Crippen molar-refractivity contribution >= 4 is 17.4 Å². The number of hydrogen-bond acceptors (Lipinski definition) is 5. The molecule has 1 amide bonds. The number of rotatable bonds is 5. The van der Waals surface area contributed by atoms with E-state index in [1.165, 1.54) is 4.90 Å². The number of nitrogens with zero attached hydrogens (tertiary/aromatic N) is 1. The van der Waals surface area contributed by atoms with Crippen molar-refractivity contribution in [1.29, 1.82) is 0 Å². The molecule has 0 spiro atoms. The van der Waals surface area contributed by atoms with Crippen LogP contribution in [0, 0.1) is 0 Å². The second-order valence-electron chi connectivity index (χ2n) is 7.23. The van der Waals surface area contributed by atoms with E-state index in [1.54, 1.807) is 43.5 Å². The number of carbonyl (C=O) groups excluding carboxylic acids is 2. The number of methoxy groups -OCH3 is 1. The van der Waals surface area contributed by atoms with Gasteiger partial charge >= 0.3 is 0 Å². The quantitative estimate of drug-likeness (QED) is 0.479. The second-order valence-corrected chi connectivity index (χ2v) is 7.23. The summed E-state index contributed by atoms with van der Waals surface area (Å²) in [7, 11) is 1.58. The van der Waals surface area contributed by atoms with Gasteiger partial charge in [0.15, 0.2) is 0 Å². The third-order valence-electron chi connectivity index (χ3n) is 5.44. The first-order chi connectivity index (χ1) is 14.1. The lowest BCUT2D eigenvalue weighted by Crippen LogP contribution is -2.36. The van der Waals surface area contributed by atoms with Crippen molar-refractivity contribution in [3.8, 4) is 5.75 Å². The maximum atomic E-state index is 12.9. The van der Waals surface area contributed by atoms with Crippen molar-refractivity contribution in [2.45, 2.75) is 25.0 Å². The minimum absolute atomic E-state index is 0.101. The van der Waals surface area contributed by atoms with Gasteiger partial charge in [0.2, 0.25) is 0 Å². The number of amides is 1. The van der Waals surface area contributed by atoms with Crippen molar-refractivity contribution in [1.82, 2.24) is 4.90 Å². The molecule has 0 aliphatic carbocycles. The lowest BCUT2D eigenvalue weighted by Gasteiger charge is -2.27. The van der Waals surface area contributed by atoms with Crippen LogP contribution in [0.2, 0.25) is 0 Å². The van der Waals surface area contributed by atoms with Gasteiger partial charge in [-0.2, -0.15) is 0 Å². The predicted molar refractivity (Wildman–Crippen MR) is 107 cm³/mol. The average molecular weight is 393 g/mol. The molecule has 0 bridgehead atoms. The Labute approximate surface area is 169 Å². The summed E-state index contributed by atoms with van der Waals surface area (Å²) in [5.74, 6) is -0.781. The molecular weight excluding hydrogens is 370 g/mol. The van der Waals surface area contributed by atoms with Crippen molar-refractivity contribution < 1.29 is 24.2 Å². The van der Waals surface area contributed by atoms with Crippen molar-refractivity contribution in [2.24, 2.45) is 0 Å². The Morgan fingerprint density at radius 3 is 2.48 bits per heavy atom. The summed E-state index contributed by atoms with van der Waals surface area (Å²) < 4.78 is 10.9. The highest BCUT2D eigenvalue weighted by Crippen LogP contribution is 2.40. The summed E-state index contributed by atoms with van der Waals surface area (Å²) in [6, 6.07) is 15.3. The molecule has 2 unspecified atom stereocenters. The Kier molecular flexibility index (Phi) is 5.36. The third-order valence-corrected chi connectivity index (χ3v) is 5.44. The first kappa shape index (κ1) is 19.2. The molecule has 0 saturated carbocycles. The standard InChI is InChI=1S/C23H23NO5/c1-28-17-11-9-15(10-12-17)20-19(21(25)16-6-3-2-4-7-16)22(26)23(27)24(20)14-18-8-5-13-29-18/h2-4,6-7,9-12,18,20,25H,5,8,13-14H2,1H3/b21-19+. The number of likely N-dealkylation sites (tertiary alicyclic amines) is 1. The maximum absolute atomic E-state index is 12.9. The molecule has 2 atom stereocenters. The minimum atomic E-state index is -0.676. The Hall–Kier alpha value is -3.12. The van der Waals surface area contributed by atoms with Gasteiger partial charge in [-0.3, -0.25) is 9.59 Å². The molecule has 2 aromatic rings. The van der Waals surface area contributed by atoms with Crippen LogP contribution in [0.4, 0.5) is 0 Å². The van der Waals surface area contributed by atoms with Crippen molar-refractivity contribution in [3.63, 3.8) is 0 Å². The van der Waals surface area contributed by atoms with Crippen LogP contribution in [0.1, 0.15) is 30.0 Å². The zero-order chi connectivity index (χ0) is 20.4. The van der Waals surface area contributed by atoms with Gasteiger partial charge in [0.05, 0.1) is 24.8 Å². The topological polar surface area (TPSA) is 76.1 Å². The van der Waals surface area contributed by atoms with E-state index >= 15 is 0 Å². The highest BCUT2D eigenvalue weighted by Gasteiger charge is 2.47. The molecule has 2 heterocycles. The summed E-state index contributed by atoms with van der Waals surface area (Å²) in [6.07, 6.45) is 1.67. The number of aliphatic hydroxyl groups excluding tert-OH is 1. The number of carbonyl (C=O) groups is 2. The molecule has 2 aliphatic rings. The zero-order valence-electron chi connectivity index (χ0n) is 16.2. The molecular formula is C23H23NO5. The SMILES string of the molecule is COc1ccc(C2/C(=C(\O)c3ccccc3)C(=O)C(=O)N2CC2CCCO2)cc1. The largest absolute Gasteiger partial charge is 0.507 e. The molecule has 29 heavy (non-hydrogen) atoms. The second kappa shape index (κ2) is 8.09. The molecule has 150 valence electrons. The van der Waals surface area contributed by atoms with Crippen LogP contribution >= 0.6 is 0 Å². The summed E-state index contributed by atoms with van der Waals surface area (Å²) in [6.45, 7) is 0.971. The molecule has 6 heteroatoms. The van der Waals surface area contributed by atoms with Gasteiger partial charge in [0.1, 0.15) is 11.5 Å². The molecule has 2 saturated heterocycles. The molecule has 0 radical (unpaired) electrons. The Bertz CT molecular complexity index is 930. The van der Waals surface area contributed by atoms with Gasteiger partial charge in [-0.25, -0.2) is 0 Å². The fraction of sp³-hybridized carbons (Fsp3) is 0.304. The van der Waals surface area contributed by atoms with E-state index in [9.17, 15) is 14.7 Å². The maximum Gasteiger partial charge on any atom is 0.295 e. The van der Waals surface area contributed by atoms with Crippen LogP contribution in [0.3, 0.4) is 0 Å². The van der Waals surface area contributed by atoms with E-state index in [1.807, 2.05) is 18.2 Å². The van der Waals surface area contributed by atoms with Gasteiger partial charge < -0.3 is 19.5 Å². The highest BCUT2D eigenvalue weighted by molar-refractivity contribution is 6.46. The normalized spacial score (nSPS) is 23.6. The van der Waals surface area contributed by atoms with E-state index in [4.69, 9.17) is 9.47 Å². The lowest BCUT2D eigenvalue weighted by atomic mass is 9.95. The van der Waals surface area contributed by atoms with Crippen LogP contribution in [0.15, 0.2) is 60.2 Å².